The van der Waals surface area contributed by atoms with E-state index < -0.39 is 22.2 Å². The molecule has 0 aromatic heterocycles. The number of benzene rings is 2. The number of carbonyl (C=O) groups excluding carboxylic acids is 1. The summed E-state index contributed by atoms with van der Waals surface area (Å²) in [5.74, 6) is 0.298. The number of aliphatic hydroxyl groups is 1. The van der Waals surface area contributed by atoms with Crippen LogP contribution in [0.2, 0.25) is 0 Å². The third-order valence-electron chi connectivity index (χ3n) is 5.54. The summed E-state index contributed by atoms with van der Waals surface area (Å²) in [6, 6.07) is 15.0. The number of nitrogens with zero attached hydrogens (tertiary/aromatic N) is 2. The average Bonchev–Trinajstić information content (AvgIpc) is 2.77. The second-order valence-electron chi connectivity index (χ2n) is 8.06. The van der Waals surface area contributed by atoms with Gasteiger partial charge >= 0.3 is 0 Å². The van der Waals surface area contributed by atoms with Gasteiger partial charge in [0.25, 0.3) is 0 Å². The number of aliphatic hydroxyl groups excluding tert-OH is 1. The van der Waals surface area contributed by atoms with Gasteiger partial charge in [0.15, 0.2) is 12.4 Å². The van der Waals surface area contributed by atoms with Crippen LogP contribution in [0.25, 0.3) is 0 Å². The van der Waals surface area contributed by atoms with E-state index in [2.05, 4.69) is 28.4 Å². The topological polar surface area (TPSA) is 99.2 Å². The summed E-state index contributed by atoms with van der Waals surface area (Å²) in [5.41, 5.74) is 3.02. The van der Waals surface area contributed by atoms with Crippen molar-refractivity contribution in [2.24, 2.45) is 0 Å². The van der Waals surface area contributed by atoms with E-state index in [1.165, 1.54) is 18.2 Å². The summed E-state index contributed by atoms with van der Waals surface area (Å²) in [6.45, 7) is 2.77. The van der Waals surface area contributed by atoms with Crippen molar-refractivity contribution >= 4 is 22.0 Å². The molecule has 0 spiro atoms. The van der Waals surface area contributed by atoms with Crippen molar-refractivity contribution in [2.75, 3.05) is 43.8 Å². The lowest BCUT2D eigenvalue weighted by molar-refractivity contribution is -0.113. The third kappa shape index (κ3) is 6.52. The Kier molecular flexibility index (Phi) is 8.25. The highest BCUT2D eigenvalue weighted by atomic mass is 32.2. The largest absolute Gasteiger partial charge is 0.479 e. The van der Waals surface area contributed by atoms with Crippen molar-refractivity contribution in [3.05, 3.63) is 59.7 Å². The van der Waals surface area contributed by atoms with Gasteiger partial charge < -0.3 is 15.2 Å². The lowest BCUT2D eigenvalue weighted by atomic mass is 10.00. The Morgan fingerprint density at radius 2 is 1.84 bits per heavy atom. The zero-order chi connectivity index (χ0) is 23.1. The van der Waals surface area contributed by atoms with Gasteiger partial charge in [-0.3, -0.25) is 14.0 Å². The molecule has 9 heteroatoms. The standard InChI is InChI=1S/C23H31N3O5S/c1-25(32(2,29)30)22-9-5-6-10-23(22)31-21(17-27)14-24-13-20(28)16-26-12-11-18-7-3-4-8-19(18)15-26/h3-10,17,20-21,24,28H,11-16H2,1-2H3. The van der Waals surface area contributed by atoms with Crippen molar-refractivity contribution in [1.82, 2.24) is 10.2 Å². The van der Waals surface area contributed by atoms with Crippen LogP contribution in [-0.2, 0) is 27.8 Å². The second-order valence-corrected chi connectivity index (χ2v) is 10.1. The number of hydrogen-bond acceptors (Lipinski definition) is 7. The van der Waals surface area contributed by atoms with Gasteiger partial charge in [0.2, 0.25) is 10.0 Å². The van der Waals surface area contributed by atoms with E-state index in [4.69, 9.17) is 4.74 Å². The molecule has 3 rings (SSSR count). The van der Waals surface area contributed by atoms with Gasteiger partial charge in [-0.05, 0) is 29.7 Å². The highest BCUT2D eigenvalue weighted by molar-refractivity contribution is 7.92. The highest BCUT2D eigenvalue weighted by Crippen LogP contribution is 2.29. The lowest BCUT2D eigenvalue weighted by Crippen LogP contribution is -2.43. The third-order valence-corrected chi connectivity index (χ3v) is 6.73. The number of anilines is 1. The van der Waals surface area contributed by atoms with Crippen LogP contribution in [0.1, 0.15) is 11.1 Å². The molecule has 174 valence electrons. The maximum Gasteiger partial charge on any atom is 0.232 e. The number of aldehydes is 1. The van der Waals surface area contributed by atoms with Crippen molar-refractivity contribution in [2.45, 2.75) is 25.2 Å². The Morgan fingerprint density at radius 1 is 1.16 bits per heavy atom. The molecule has 1 heterocycles. The van der Waals surface area contributed by atoms with Gasteiger partial charge in [0, 0.05) is 39.8 Å². The fraction of sp³-hybridized carbons (Fsp3) is 0.435. The minimum Gasteiger partial charge on any atom is -0.479 e. The van der Waals surface area contributed by atoms with Crippen LogP contribution in [-0.4, -0.2) is 76.4 Å². The molecule has 0 bridgehead atoms. The minimum atomic E-state index is -3.47. The zero-order valence-corrected chi connectivity index (χ0v) is 19.3. The van der Waals surface area contributed by atoms with Crippen LogP contribution in [0, 0.1) is 0 Å². The lowest BCUT2D eigenvalue weighted by Gasteiger charge is -2.30. The molecule has 2 aromatic rings. The maximum absolute atomic E-state index is 11.9. The van der Waals surface area contributed by atoms with E-state index in [9.17, 15) is 18.3 Å². The number of β-amino-alcohol motifs (C(OH)–C–C–N with tert-alkyl or cyclic N) is 1. The summed E-state index contributed by atoms with van der Waals surface area (Å²) in [4.78, 5) is 13.8. The van der Waals surface area contributed by atoms with E-state index in [-0.39, 0.29) is 6.54 Å². The van der Waals surface area contributed by atoms with Crippen LogP contribution in [0.3, 0.4) is 0 Å². The van der Waals surface area contributed by atoms with E-state index >= 15 is 0 Å². The predicted molar refractivity (Wildman–Crippen MR) is 124 cm³/mol. The van der Waals surface area contributed by atoms with E-state index in [0.717, 1.165) is 30.1 Å². The molecule has 0 radical (unpaired) electrons. The van der Waals surface area contributed by atoms with Gasteiger partial charge in [-0.15, -0.1) is 0 Å². The van der Waals surface area contributed by atoms with E-state index in [1.807, 2.05) is 6.07 Å². The van der Waals surface area contributed by atoms with Gasteiger partial charge in [0.1, 0.15) is 5.75 Å². The van der Waals surface area contributed by atoms with Crippen LogP contribution in [0.5, 0.6) is 5.75 Å². The Balaban J connectivity index is 1.49. The molecule has 2 atom stereocenters. The Bertz CT molecular complexity index is 1010. The van der Waals surface area contributed by atoms with Crippen LogP contribution in [0.4, 0.5) is 5.69 Å². The van der Waals surface area contributed by atoms with Gasteiger partial charge in [-0.1, -0.05) is 36.4 Å². The number of ether oxygens (including phenoxy) is 1. The predicted octanol–water partition coefficient (Wildman–Crippen LogP) is 1.04. The molecular weight excluding hydrogens is 430 g/mol. The molecule has 2 unspecified atom stereocenters. The zero-order valence-electron chi connectivity index (χ0n) is 18.5. The molecule has 0 fully saturated rings. The average molecular weight is 462 g/mol. The summed E-state index contributed by atoms with van der Waals surface area (Å²) in [5, 5.41) is 13.5. The SMILES string of the molecule is CN(c1ccccc1OC(C=O)CNCC(O)CN1CCc2ccccc2C1)S(C)(=O)=O. The number of hydrogen-bond donors (Lipinski definition) is 2. The number of fused-ring (bicyclic) bond motifs is 1. The Labute approximate surface area is 189 Å². The number of para-hydroxylation sites is 2. The normalized spacial score (nSPS) is 16.1. The minimum absolute atomic E-state index is 0.195. The summed E-state index contributed by atoms with van der Waals surface area (Å²) < 4.78 is 30.6. The number of carbonyl (C=O) groups is 1. The molecule has 32 heavy (non-hydrogen) atoms. The van der Waals surface area contributed by atoms with Gasteiger partial charge in [-0.2, -0.15) is 0 Å². The first kappa shape index (κ1) is 24.2. The quantitative estimate of drug-likeness (QED) is 0.483. The summed E-state index contributed by atoms with van der Waals surface area (Å²) in [7, 11) is -2.04. The molecule has 2 aromatic carbocycles. The molecule has 8 nitrogen and oxygen atoms in total. The maximum atomic E-state index is 11.9. The number of sulfonamides is 1. The fourth-order valence-corrected chi connectivity index (χ4v) is 4.25. The Hall–Kier alpha value is -2.46. The molecule has 0 amide bonds. The highest BCUT2D eigenvalue weighted by Gasteiger charge is 2.20. The first-order chi connectivity index (χ1) is 15.3. The van der Waals surface area contributed by atoms with Crippen LogP contribution >= 0.6 is 0 Å². The molecule has 1 aliphatic rings. The van der Waals surface area contributed by atoms with Gasteiger partial charge in [0.05, 0.1) is 18.0 Å². The van der Waals surface area contributed by atoms with E-state index in [0.29, 0.717) is 30.8 Å². The summed E-state index contributed by atoms with van der Waals surface area (Å²) >= 11 is 0. The molecule has 0 aliphatic carbocycles. The Morgan fingerprint density at radius 3 is 2.56 bits per heavy atom. The molecule has 1 aliphatic heterocycles. The second kappa shape index (κ2) is 10.9. The van der Waals surface area contributed by atoms with Crippen LogP contribution in [0.15, 0.2) is 48.5 Å². The number of rotatable bonds is 11. The molecule has 0 saturated carbocycles. The molecule has 2 N–H and O–H groups in total. The van der Waals surface area contributed by atoms with Crippen molar-refractivity contribution < 1.29 is 23.1 Å². The van der Waals surface area contributed by atoms with Crippen molar-refractivity contribution in [1.29, 1.82) is 0 Å². The first-order valence-corrected chi connectivity index (χ1v) is 12.5. The smallest absolute Gasteiger partial charge is 0.232 e. The monoisotopic (exact) mass is 461 g/mol. The first-order valence-electron chi connectivity index (χ1n) is 10.6. The summed E-state index contributed by atoms with van der Waals surface area (Å²) in [6.07, 6.45) is 1.33. The van der Waals surface area contributed by atoms with Crippen molar-refractivity contribution in [3.63, 3.8) is 0 Å². The fourth-order valence-electron chi connectivity index (χ4n) is 3.74. The van der Waals surface area contributed by atoms with Crippen LogP contribution < -0.4 is 14.4 Å². The molecular formula is C23H31N3O5S. The molecule has 0 saturated heterocycles. The number of nitrogens with one attached hydrogen (secondary N) is 1. The van der Waals surface area contributed by atoms with Crippen molar-refractivity contribution in [3.8, 4) is 5.75 Å². The van der Waals surface area contributed by atoms with Gasteiger partial charge in [-0.25, -0.2) is 8.42 Å². The van der Waals surface area contributed by atoms with E-state index in [1.54, 1.807) is 24.3 Å².